The zero-order valence-corrected chi connectivity index (χ0v) is 18.8. The van der Waals surface area contributed by atoms with Crippen LogP contribution in [0.15, 0.2) is 53.1 Å². The van der Waals surface area contributed by atoms with Gasteiger partial charge in [-0.25, -0.2) is 0 Å². The molecule has 4 aromatic rings. The number of pyridine rings is 1. The Morgan fingerprint density at radius 1 is 1.07 bits per heavy atom. The molecule has 0 spiro atoms. The van der Waals surface area contributed by atoms with Crippen molar-refractivity contribution >= 4 is 21.9 Å². The summed E-state index contributed by atoms with van der Waals surface area (Å²) in [6.45, 7) is 11.1. The van der Waals surface area contributed by atoms with Gasteiger partial charge in [-0.3, -0.25) is 0 Å². The van der Waals surface area contributed by atoms with Gasteiger partial charge in [0.2, 0.25) is 0 Å². The Kier molecular flexibility index (Phi) is 5.29. The Morgan fingerprint density at radius 3 is 2.52 bits per heavy atom. The molecule has 0 aliphatic rings. The molecule has 0 N–H and O–H groups in total. The molecule has 141 valence electrons. The van der Waals surface area contributed by atoms with Gasteiger partial charge in [0.15, 0.2) is 0 Å². The first-order chi connectivity index (χ1) is 12.4. The first kappa shape index (κ1) is 19.8. The largest absolute Gasteiger partial charge is 0.501 e. The van der Waals surface area contributed by atoms with E-state index in [0.29, 0.717) is 5.92 Å². The number of para-hydroxylation sites is 1. The Balaban J connectivity index is 0.00000210. The third-order valence-electron chi connectivity index (χ3n) is 4.97. The van der Waals surface area contributed by atoms with Gasteiger partial charge in [0.25, 0.3) is 0 Å². The molecule has 2 aromatic carbocycles. The molecule has 0 aliphatic heterocycles. The maximum absolute atomic E-state index is 6.30. The van der Waals surface area contributed by atoms with Gasteiger partial charge in [0.05, 0.1) is 5.58 Å². The summed E-state index contributed by atoms with van der Waals surface area (Å²) in [4.78, 5) is 4.61. The van der Waals surface area contributed by atoms with Gasteiger partial charge in [-0.1, -0.05) is 75.4 Å². The van der Waals surface area contributed by atoms with Gasteiger partial charge >= 0.3 is 0 Å². The molecule has 0 aliphatic carbocycles. The zero-order valence-electron chi connectivity index (χ0n) is 16.4. The molecule has 27 heavy (non-hydrogen) atoms. The van der Waals surface area contributed by atoms with E-state index in [1.807, 2.05) is 18.3 Å². The minimum Gasteiger partial charge on any atom is -0.501 e. The summed E-state index contributed by atoms with van der Waals surface area (Å²) in [5.74, 6) is 0.455. The quantitative estimate of drug-likeness (QED) is 0.263. The number of furan rings is 1. The van der Waals surface area contributed by atoms with Gasteiger partial charge in [-0.15, -0.1) is 17.7 Å². The average molecular weight is 535 g/mol. The number of hydrogen-bond donors (Lipinski definition) is 0. The van der Waals surface area contributed by atoms with E-state index in [-0.39, 0.29) is 25.5 Å². The third kappa shape index (κ3) is 3.47. The fraction of sp³-hybridized carbons (Fsp3) is 0.292. The Morgan fingerprint density at radius 2 is 1.81 bits per heavy atom. The van der Waals surface area contributed by atoms with Crippen molar-refractivity contribution in [2.45, 2.75) is 46.0 Å². The minimum atomic E-state index is 0. The molecule has 4 rings (SSSR count). The second kappa shape index (κ2) is 7.22. The summed E-state index contributed by atoms with van der Waals surface area (Å²) in [5.41, 5.74) is 6.18. The van der Waals surface area contributed by atoms with Crippen LogP contribution in [0.5, 0.6) is 0 Å². The molecule has 0 atom stereocenters. The van der Waals surface area contributed by atoms with Crippen LogP contribution in [0.25, 0.3) is 33.2 Å². The molecule has 0 saturated carbocycles. The van der Waals surface area contributed by atoms with Gasteiger partial charge in [0, 0.05) is 31.7 Å². The predicted molar refractivity (Wildman–Crippen MR) is 109 cm³/mol. The van der Waals surface area contributed by atoms with Crippen molar-refractivity contribution in [2.24, 2.45) is 0 Å². The fourth-order valence-corrected chi connectivity index (χ4v) is 3.50. The van der Waals surface area contributed by atoms with Crippen molar-refractivity contribution in [3.63, 3.8) is 0 Å². The first-order valence-electron chi connectivity index (χ1n) is 9.19. The standard InChI is InChI=1S/C24H24NO.Ir/c1-15(2)16-12-13-25-20(14-16)17-10-11-19(24(3,4)5)22-18-8-6-7-9-21(18)26-23(17)22;/h6-9,11-15H,1-5H3;/q-1;. The zero-order chi connectivity index (χ0) is 18.5. The van der Waals surface area contributed by atoms with Crippen molar-refractivity contribution in [3.8, 4) is 11.3 Å². The second-order valence-electron chi connectivity index (χ2n) is 8.26. The van der Waals surface area contributed by atoms with Crippen LogP contribution in [0, 0.1) is 6.07 Å². The molecule has 2 heterocycles. The number of fused-ring (bicyclic) bond motifs is 3. The molecule has 2 nitrogen and oxygen atoms in total. The molecule has 2 aromatic heterocycles. The van der Waals surface area contributed by atoms with E-state index in [2.05, 4.69) is 76.0 Å². The molecule has 0 fully saturated rings. The minimum absolute atomic E-state index is 0. The van der Waals surface area contributed by atoms with Crippen molar-refractivity contribution in [1.82, 2.24) is 4.98 Å². The molecular weight excluding hydrogens is 510 g/mol. The fourth-order valence-electron chi connectivity index (χ4n) is 3.50. The topological polar surface area (TPSA) is 26.0 Å². The molecular formula is C24H24IrNO-. The number of rotatable bonds is 2. The van der Waals surface area contributed by atoms with E-state index in [1.165, 1.54) is 16.5 Å². The van der Waals surface area contributed by atoms with Crippen LogP contribution in [0.3, 0.4) is 0 Å². The van der Waals surface area contributed by atoms with Crippen molar-refractivity contribution in [3.05, 3.63) is 65.9 Å². The molecule has 1 radical (unpaired) electrons. The number of hydrogen-bond acceptors (Lipinski definition) is 2. The molecule has 3 heteroatoms. The monoisotopic (exact) mass is 535 g/mol. The Labute approximate surface area is 174 Å². The molecule has 0 saturated heterocycles. The third-order valence-corrected chi connectivity index (χ3v) is 4.97. The maximum Gasteiger partial charge on any atom is 0.120 e. The van der Waals surface area contributed by atoms with E-state index in [1.54, 1.807) is 0 Å². The van der Waals surface area contributed by atoms with Crippen molar-refractivity contribution in [2.75, 3.05) is 0 Å². The molecule has 0 unspecified atom stereocenters. The molecule has 0 amide bonds. The van der Waals surface area contributed by atoms with Gasteiger partial charge in [-0.05, 0) is 29.2 Å². The normalized spacial score (nSPS) is 11.9. The van der Waals surface area contributed by atoms with Crippen LogP contribution in [0.4, 0.5) is 0 Å². The number of benzene rings is 2. The second-order valence-corrected chi connectivity index (χ2v) is 8.26. The van der Waals surface area contributed by atoms with Gasteiger partial charge in [-0.2, -0.15) is 0 Å². The average Bonchev–Trinajstić information content (AvgIpc) is 2.99. The van der Waals surface area contributed by atoms with Gasteiger partial charge < -0.3 is 9.40 Å². The summed E-state index contributed by atoms with van der Waals surface area (Å²) >= 11 is 0. The van der Waals surface area contributed by atoms with Crippen LogP contribution in [-0.2, 0) is 25.5 Å². The van der Waals surface area contributed by atoms with Crippen LogP contribution in [-0.4, -0.2) is 4.98 Å². The Bertz CT molecular complexity index is 1100. The van der Waals surface area contributed by atoms with E-state index in [9.17, 15) is 0 Å². The molecule has 0 bridgehead atoms. The SMILES string of the molecule is CC(C)c1ccnc(-c2[c-]cc(C(C)(C)C)c3c2oc2ccccc23)c1.[Ir]. The summed E-state index contributed by atoms with van der Waals surface area (Å²) < 4.78 is 6.30. The number of nitrogens with zero attached hydrogens (tertiary/aromatic N) is 1. The maximum atomic E-state index is 6.30. The van der Waals surface area contributed by atoms with Crippen LogP contribution >= 0.6 is 0 Å². The smallest absolute Gasteiger partial charge is 0.120 e. The van der Waals surface area contributed by atoms with E-state index < -0.39 is 0 Å². The van der Waals surface area contributed by atoms with E-state index >= 15 is 0 Å². The van der Waals surface area contributed by atoms with E-state index in [4.69, 9.17) is 4.42 Å². The summed E-state index contributed by atoms with van der Waals surface area (Å²) in [6.07, 6.45) is 1.88. The number of aromatic nitrogens is 1. The van der Waals surface area contributed by atoms with Crippen molar-refractivity contribution in [1.29, 1.82) is 0 Å². The Hall–Kier alpha value is -1.96. The van der Waals surface area contributed by atoms with Crippen LogP contribution in [0.1, 0.15) is 51.7 Å². The van der Waals surface area contributed by atoms with Crippen LogP contribution in [0.2, 0.25) is 0 Å². The van der Waals surface area contributed by atoms with Gasteiger partial charge in [0.1, 0.15) is 5.58 Å². The summed E-state index contributed by atoms with van der Waals surface area (Å²) in [7, 11) is 0. The first-order valence-corrected chi connectivity index (χ1v) is 9.19. The van der Waals surface area contributed by atoms with E-state index in [0.717, 1.165) is 27.8 Å². The summed E-state index contributed by atoms with van der Waals surface area (Å²) in [5, 5.41) is 2.33. The van der Waals surface area contributed by atoms with Crippen LogP contribution < -0.4 is 0 Å². The summed E-state index contributed by atoms with van der Waals surface area (Å²) in [6, 6.07) is 18.1. The van der Waals surface area contributed by atoms with Crippen molar-refractivity contribution < 1.29 is 24.5 Å². The predicted octanol–water partition coefficient (Wildman–Crippen LogP) is 6.87.